The Morgan fingerprint density at radius 1 is 1.07 bits per heavy atom. The fraction of sp³-hybridized carbons (Fsp3) is 0.0526. The number of thiophene rings is 1. The second-order valence-corrected chi connectivity index (χ2v) is 6.34. The third-order valence-electron chi connectivity index (χ3n) is 3.37. The molecule has 0 atom stereocenters. The molecule has 9 heteroatoms. The van der Waals surface area contributed by atoms with Gasteiger partial charge in [-0.1, -0.05) is 36.4 Å². The van der Waals surface area contributed by atoms with E-state index in [4.69, 9.17) is 9.47 Å². The van der Waals surface area contributed by atoms with E-state index in [9.17, 15) is 14.9 Å². The number of hydrazone groups is 1. The molecular weight excluding hydrogens is 382 g/mol. The maximum absolute atomic E-state index is 12.5. The molecule has 0 aliphatic heterocycles. The Hall–Kier alpha value is -3.72. The molecule has 0 fully saturated rings. The molecule has 0 bridgehead atoms. The van der Waals surface area contributed by atoms with E-state index >= 15 is 0 Å². The average Bonchev–Trinajstić information content (AvgIpc) is 3.18. The molecule has 2 aromatic carbocycles. The van der Waals surface area contributed by atoms with Gasteiger partial charge in [-0.3, -0.25) is 14.9 Å². The van der Waals surface area contributed by atoms with Gasteiger partial charge in [0.25, 0.3) is 5.69 Å². The topological polar surface area (TPSA) is 103 Å². The van der Waals surface area contributed by atoms with Crippen molar-refractivity contribution in [2.45, 2.75) is 6.29 Å². The van der Waals surface area contributed by atoms with E-state index in [1.54, 1.807) is 48.5 Å². The van der Waals surface area contributed by atoms with Gasteiger partial charge in [-0.15, -0.1) is 11.3 Å². The molecule has 0 aliphatic rings. The van der Waals surface area contributed by atoms with E-state index < -0.39 is 17.1 Å². The van der Waals surface area contributed by atoms with Crippen molar-refractivity contribution in [3.63, 3.8) is 0 Å². The number of nitrogens with zero attached hydrogens (tertiary/aromatic N) is 2. The lowest BCUT2D eigenvalue weighted by molar-refractivity contribution is -0.384. The monoisotopic (exact) mass is 397 g/mol. The number of nitro groups is 1. The van der Waals surface area contributed by atoms with E-state index in [-0.39, 0.29) is 5.69 Å². The first-order valence-electron chi connectivity index (χ1n) is 8.11. The number of para-hydroxylation sites is 2. The Kier molecular flexibility index (Phi) is 6.32. The van der Waals surface area contributed by atoms with Crippen LogP contribution in [0.2, 0.25) is 0 Å². The van der Waals surface area contributed by atoms with E-state index in [1.807, 2.05) is 12.1 Å². The summed E-state index contributed by atoms with van der Waals surface area (Å²) in [6, 6.07) is 18.9. The number of rotatable bonds is 8. The predicted molar refractivity (Wildman–Crippen MR) is 105 cm³/mol. The third-order valence-corrected chi connectivity index (χ3v) is 4.22. The third kappa shape index (κ3) is 5.39. The number of hydrogen-bond acceptors (Lipinski definition) is 7. The van der Waals surface area contributed by atoms with E-state index in [1.165, 1.54) is 17.7 Å². The lowest BCUT2D eigenvalue weighted by Crippen LogP contribution is -2.40. The molecule has 1 aromatic heterocycles. The van der Waals surface area contributed by atoms with Crippen LogP contribution in [0.5, 0.6) is 11.5 Å². The van der Waals surface area contributed by atoms with Crippen LogP contribution in [0.4, 0.5) is 5.69 Å². The van der Waals surface area contributed by atoms with Crippen LogP contribution in [-0.4, -0.2) is 23.3 Å². The van der Waals surface area contributed by atoms with Gasteiger partial charge in [-0.2, -0.15) is 5.10 Å². The van der Waals surface area contributed by atoms with Gasteiger partial charge in [0, 0.05) is 6.07 Å². The predicted octanol–water partition coefficient (Wildman–Crippen LogP) is 3.59. The van der Waals surface area contributed by atoms with Crippen molar-refractivity contribution in [1.82, 2.24) is 5.43 Å². The van der Waals surface area contributed by atoms with Crippen LogP contribution in [0.3, 0.4) is 0 Å². The van der Waals surface area contributed by atoms with Crippen LogP contribution < -0.4 is 14.9 Å². The molecule has 0 saturated carbocycles. The molecule has 0 aliphatic carbocycles. The second-order valence-electron chi connectivity index (χ2n) is 5.39. The Balaban J connectivity index is 1.68. The first-order valence-corrected chi connectivity index (χ1v) is 8.99. The SMILES string of the molecule is O=C(N/N=C/c1cc([N+](=O)[O-])cs1)C(Oc1ccccc1)Oc1ccccc1. The molecule has 1 N–H and O–H groups in total. The van der Waals surface area contributed by atoms with Gasteiger partial charge in [0.05, 0.1) is 21.4 Å². The van der Waals surface area contributed by atoms with Gasteiger partial charge in [0.1, 0.15) is 11.5 Å². The zero-order valence-corrected chi connectivity index (χ0v) is 15.2. The van der Waals surface area contributed by atoms with Gasteiger partial charge in [0.15, 0.2) is 0 Å². The summed E-state index contributed by atoms with van der Waals surface area (Å²) in [7, 11) is 0. The van der Waals surface area contributed by atoms with Gasteiger partial charge in [-0.05, 0) is 24.3 Å². The standard InChI is InChI=1S/C19H15N3O5S/c23-18(21-20-12-17-11-14(13-28-17)22(24)25)19(26-15-7-3-1-4-8-15)27-16-9-5-2-6-10-16/h1-13,19H,(H,21,23)/b20-12+. The van der Waals surface area contributed by atoms with Gasteiger partial charge >= 0.3 is 12.2 Å². The molecule has 0 spiro atoms. The molecule has 8 nitrogen and oxygen atoms in total. The summed E-state index contributed by atoms with van der Waals surface area (Å²) >= 11 is 1.14. The highest BCUT2D eigenvalue weighted by atomic mass is 32.1. The number of carbonyl (C=O) groups excluding carboxylic acids is 1. The van der Waals surface area contributed by atoms with Crippen LogP contribution in [-0.2, 0) is 4.79 Å². The highest BCUT2D eigenvalue weighted by molar-refractivity contribution is 7.12. The summed E-state index contributed by atoms with van der Waals surface area (Å²) in [5.74, 6) is 0.280. The molecule has 1 heterocycles. The summed E-state index contributed by atoms with van der Waals surface area (Å²) in [6.45, 7) is 0. The molecule has 3 aromatic rings. The fourth-order valence-electron chi connectivity index (χ4n) is 2.09. The molecule has 28 heavy (non-hydrogen) atoms. The minimum atomic E-state index is -1.28. The molecule has 0 unspecified atom stereocenters. The summed E-state index contributed by atoms with van der Waals surface area (Å²) in [5, 5.41) is 15.9. The van der Waals surface area contributed by atoms with Crippen LogP contribution in [0.1, 0.15) is 4.88 Å². The quantitative estimate of drug-likeness (QED) is 0.271. The molecule has 0 radical (unpaired) electrons. The van der Waals surface area contributed by atoms with Gasteiger partial charge < -0.3 is 9.47 Å². The van der Waals surface area contributed by atoms with Crippen LogP contribution >= 0.6 is 11.3 Å². The van der Waals surface area contributed by atoms with Gasteiger partial charge in [-0.25, -0.2) is 5.43 Å². The Morgan fingerprint density at radius 3 is 2.14 bits per heavy atom. The fourth-order valence-corrected chi connectivity index (χ4v) is 2.81. The summed E-state index contributed by atoms with van der Waals surface area (Å²) in [5.41, 5.74) is 2.30. The maximum atomic E-state index is 12.5. The van der Waals surface area contributed by atoms with Crippen molar-refractivity contribution in [3.8, 4) is 11.5 Å². The molecule has 1 amide bonds. The number of ether oxygens (including phenoxy) is 2. The summed E-state index contributed by atoms with van der Waals surface area (Å²) < 4.78 is 11.2. The highest BCUT2D eigenvalue weighted by Gasteiger charge is 2.22. The number of amides is 1. The lowest BCUT2D eigenvalue weighted by Gasteiger charge is -2.18. The Bertz CT molecular complexity index is 918. The van der Waals surface area contributed by atoms with Crippen LogP contribution in [0, 0.1) is 10.1 Å². The van der Waals surface area contributed by atoms with Crippen molar-refractivity contribution in [2.75, 3.05) is 0 Å². The van der Waals surface area contributed by atoms with Crippen molar-refractivity contribution in [1.29, 1.82) is 0 Å². The highest BCUT2D eigenvalue weighted by Crippen LogP contribution is 2.19. The van der Waals surface area contributed by atoms with Crippen molar-refractivity contribution >= 4 is 29.1 Å². The first-order chi connectivity index (χ1) is 13.6. The molecule has 0 saturated heterocycles. The number of nitrogens with one attached hydrogen (secondary N) is 1. The number of carbonyl (C=O) groups is 1. The molecule has 3 rings (SSSR count). The zero-order valence-electron chi connectivity index (χ0n) is 14.4. The summed E-state index contributed by atoms with van der Waals surface area (Å²) in [4.78, 5) is 23.2. The Labute approximate surface area is 164 Å². The van der Waals surface area contributed by atoms with Crippen molar-refractivity contribution < 1.29 is 19.2 Å². The van der Waals surface area contributed by atoms with Gasteiger partial charge in [0.2, 0.25) is 0 Å². The van der Waals surface area contributed by atoms with E-state index in [0.717, 1.165) is 11.3 Å². The van der Waals surface area contributed by atoms with E-state index in [2.05, 4.69) is 10.5 Å². The largest absolute Gasteiger partial charge is 0.446 e. The van der Waals surface area contributed by atoms with Crippen LogP contribution in [0.25, 0.3) is 0 Å². The lowest BCUT2D eigenvalue weighted by atomic mass is 10.3. The van der Waals surface area contributed by atoms with Crippen molar-refractivity contribution in [2.24, 2.45) is 5.10 Å². The average molecular weight is 397 g/mol. The number of hydrogen-bond donors (Lipinski definition) is 1. The minimum absolute atomic E-state index is 0.0320. The second kappa shape index (κ2) is 9.28. The number of benzene rings is 2. The minimum Gasteiger partial charge on any atom is -0.446 e. The van der Waals surface area contributed by atoms with Crippen molar-refractivity contribution in [3.05, 3.63) is 87.1 Å². The molecular formula is C19H15N3O5S. The summed E-state index contributed by atoms with van der Waals surface area (Å²) in [6.07, 6.45) is 0.0390. The maximum Gasteiger partial charge on any atom is 0.323 e. The molecule has 142 valence electrons. The Morgan fingerprint density at radius 2 is 1.64 bits per heavy atom. The van der Waals surface area contributed by atoms with Crippen LogP contribution in [0.15, 0.2) is 77.2 Å². The first kappa shape index (κ1) is 19.1. The zero-order chi connectivity index (χ0) is 19.8. The smallest absolute Gasteiger partial charge is 0.323 e. The normalized spacial score (nSPS) is 10.8. The van der Waals surface area contributed by atoms with E-state index in [0.29, 0.717) is 16.4 Å².